The predicted octanol–water partition coefficient (Wildman–Crippen LogP) is 1.08. The summed E-state index contributed by atoms with van der Waals surface area (Å²) >= 11 is 0. The molecular formula is C13H20N4O3S. The number of hydrogen-bond donors (Lipinski definition) is 2. The molecule has 21 heavy (non-hydrogen) atoms. The van der Waals surface area contributed by atoms with Gasteiger partial charge in [0.25, 0.3) is 0 Å². The van der Waals surface area contributed by atoms with Crippen LogP contribution in [-0.4, -0.2) is 25.2 Å². The topological polar surface area (TPSA) is 89.2 Å². The molecule has 7 nitrogen and oxygen atoms in total. The Bertz CT molecular complexity index is 638. The second-order valence-electron chi connectivity index (χ2n) is 4.71. The van der Waals surface area contributed by atoms with E-state index >= 15 is 0 Å². The maximum atomic E-state index is 12.3. The molecule has 0 aromatic carbocycles. The number of nitrogens with one attached hydrogen (secondary N) is 2. The second-order valence-corrected chi connectivity index (χ2v) is 6.47. The summed E-state index contributed by atoms with van der Waals surface area (Å²) in [4.78, 5) is 0.268. The largest absolute Gasteiger partial charge is 0.364 e. The highest BCUT2D eigenvalue weighted by Crippen LogP contribution is 2.15. The zero-order valence-electron chi connectivity index (χ0n) is 12.2. The standard InChI is InChI=1S/C13H20N4O3S/c1-3-5-17-10-13(7-12(17)9-14-2)21(18,19)15-8-11-4-6-20-16-11/h4,6-7,10,14-15H,3,5,8-9H2,1-2H3. The van der Waals surface area contributed by atoms with E-state index in [1.165, 1.54) is 6.26 Å². The first-order chi connectivity index (χ1) is 10.1. The molecule has 2 N–H and O–H groups in total. The fourth-order valence-electron chi connectivity index (χ4n) is 2.03. The van der Waals surface area contributed by atoms with Crippen LogP contribution < -0.4 is 10.0 Å². The summed E-state index contributed by atoms with van der Waals surface area (Å²) in [6.45, 7) is 3.58. The van der Waals surface area contributed by atoms with Gasteiger partial charge >= 0.3 is 0 Å². The zero-order chi connectivity index (χ0) is 15.3. The van der Waals surface area contributed by atoms with Gasteiger partial charge in [0.2, 0.25) is 10.0 Å². The average molecular weight is 312 g/mol. The van der Waals surface area contributed by atoms with E-state index in [2.05, 4.69) is 26.6 Å². The van der Waals surface area contributed by atoms with E-state index in [0.717, 1.165) is 18.7 Å². The van der Waals surface area contributed by atoms with Crippen LogP contribution >= 0.6 is 0 Å². The molecule has 0 aliphatic heterocycles. The van der Waals surface area contributed by atoms with Crippen LogP contribution in [0.1, 0.15) is 24.7 Å². The minimum Gasteiger partial charge on any atom is -0.364 e. The Balaban J connectivity index is 2.16. The molecule has 2 rings (SSSR count). The predicted molar refractivity (Wildman–Crippen MR) is 78.0 cm³/mol. The fraction of sp³-hybridized carbons (Fsp3) is 0.462. The molecule has 0 fully saturated rings. The SMILES string of the molecule is CCCn1cc(S(=O)(=O)NCc2ccon2)cc1CNC. The molecule has 0 aliphatic carbocycles. The van der Waals surface area contributed by atoms with Gasteiger partial charge in [-0.25, -0.2) is 13.1 Å². The fourth-order valence-corrected chi connectivity index (χ4v) is 3.09. The van der Waals surface area contributed by atoms with Gasteiger partial charge in [-0.3, -0.25) is 0 Å². The van der Waals surface area contributed by atoms with E-state index in [1.807, 2.05) is 11.6 Å². The Morgan fingerprint density at radius 3 is 2.81 bits per heavy atom. The van der Waals surface area contributed by atoms with Crippen LogP contribution in [0.25, 0.3) is 0 Å². The Morgan fingerprint density at radius 2 is 2.19 bits per heavy atom. The molecule has 0 radical (unpaired) electrons. The molecule has 0 saturated heterocycles. The summed E-state index contributed by atoms with van der Waals surface area (Å²) in [7, 11) is -1.72. The van der Waals surface area contributed by atoms with Crippen molar-refractivity contribution in [3.05, 3.63) is 36.0 Å². The molecule has 0 amide bonds. The highest BCUT2D eigenvalue weighted by Gasteiger charge is 2.18. The van der Waals surface area contributed by atoms with Crippen molar-refractivity contribution in [2.45, 2.75) is 37.9 Å². The van der Waals surface area contributed by atoms with Crippen molar-refractivity contribution in [2.24, 2.45) is 0 Å². The van der Waals surface area contributed by atoms with Gasteiger partial charge in [0.1, 0.15) is 6.26 Å². The average Bonchev–Trinajstić information content (AvgIpc) is 3.08. The van der Waals surface area contributed by atoms with Gasteiger partial charge in [-0.2, -0.15) is 0 Å². The first-order valence-corrected chi connectivity index (χ1v) is 8.27. The molecule has 2 aromatic rings. The quantitative estimate of drug-likeness (QED) is 0.761. The monoisotopic (exact) mass is 312 g/mol. The summed E-state index contributed by atoms with van der Waals surface area (Å²) in [5.41, 5.74) is 1.49. The third kappa shape index (κ3) is 3.93. The van der Waals surface area contributed by atoms with Crippen molar-refractivity contribution >= 4 is 10.0 Å². The van der Waals surface area contributed by atoms with Crippen molar-refractivity contribution < 1.29 is 12.9 Å². The maximum Gasteiger partial charge on any atom is 0.242 e. The minimum atomic E-state index is -3.55. The van der Waals surface area contributed by atoms with Crippen molar-refractivity contribution in [3.63, 3.8) is 0 Å². The Hall–Kier alpha value is -1.64. The van der Waals surface area contributed by atoms with E-state index in [9.17, 15) is 8.42 Å². The van der Waals surface area contributed by atoms with E-state index < -0.39 is 10.0 Å². The first kappa shape index (κ1) is 15.7. The lowest BCUT2D eigenvalue weighted by atomic mass is 10.4. The van der Waals surface area contributed by atoms with E-state index in [0.29, 0.717) is 12.2 Å². The molecule has 0 saturated carbocycles. The van der Waals surface area contributed by atoms with Crippen molar-refractivity contribution in [1.82, 2.24) is 19.8 Å². The summed E-state index contributed by atoms with van der Waals surface area (Å²) in [6.07, 6.45) is 4.02. The molecule has 116 valence electrons. The normalized spacial score (nSPS) is 11.9. The van der Waals surface area contributed by atoms with Crippen LogP contribution in [0.2, 0.25) is 0 Å². The molecule has 0 spiro atoms. The lowest BCUT2D eigenvalue weighted by Gasteiger charge is -2.06. The van der Waals surface area contributed by atoms with Crippen molar-refractivity contribution in [2.75, 3.05) is 7.05 Å². The number of aryl methyl sites for hydroxylation is 1. The molecule has 0 bridgehead atoms. The maximum absolute atomic E-state index is 12.3. The van der Waals surface area contributed by atoms with Gasteiger partial charge in [0.15, 0.2) is 0 Å². The minimum absolute atomic E-state index is 0.110. The Kier molecular flexibility index (Phi) is 5.16. The van der Waals surface area contributed by atoms with Gasteiger partial charge in [-0.05, 0) is 19.5 Å². The highest BCUT2D eigenvalue weighted by atomic mass is 32.2. The van der Waals surface area contributed by atoms with Gasteiger partial charge in [-0.15, -0.1) is 0 Å². The first-order valence-electron chi connectivity index (χ1n) is 6.79. The van der Waals surface area contributed by atoms with Gasteiger partial charge in [0.05, 0.1) is 17.1 Å². The summed E-state index contributed by atoms with van der Waals surface area (Å²) in [5.74, 6) is 0. The molecular weight excluding hydrogens is 292 g/mol. The smallest absolute Gasteiger partial charge is 0.242 e. The summed E-state index contributed by atoms with van der Waals surface area (Å²) in [6, 6.07) is 3.31. The van der Waals surface area contributed by atoms with Crippen LogP contribution in [0.5, 0.6) is 0 Å². The van der Waals surface area contributed by atoms with Crippen molar-refractivity contribution in [1.29, 1.82) is 0 Å². The molecule has 8 heteroatoms. The van der Waals surface area contributed by atoms with Gasteiger partial charge in [0, 0.05) is 31.0 Å². The number of nitrogens with zero attached hydrogens (tertiary/aromatic N) is 2. The van der Waals surface area contributed by atoms with Gasteiger partial charge < -0.3 is 14.4 Å². The lowest BCUT2D eigenvalue weighted by Crippen LogP contribution is -2.23. The van der Waals surface area contributed by atoms with Crippen LogP contribution in [0.4, 0.5) is 0 Å². The number of sulfonamides is 1. The molecule has 0 atom stereocenters. The Labute approximate surface area is 124 Å². The van der Waals surface area contributed by atoms with Gasteiger partial charge in [-0.1, -0.05) is 12.1 Å². The van der Waals surface area contributed by atoms with E-state index in [4.69, 9.17) is 0 Å². The summed E-state index contributed by atoms with van der Waals surface area (Å²) in [5, 5.41) is 6.72. The molecule has 2 heterocycles. The lowest BCUT2D eigenvalue weighted by molar-refractivity contribution is 0.411. The summed E-state index contributed by atoms with van der Waals surface area (Å²) < 4.78 is 33.7. The van der Waals surface area contributed by atoms with Crippen molar-refractivity contribution in [3.8, 4) is 0 Å². The highest BCUT2D eigenvalue weighted by molar-refractivity contribution is 7.89. The third-order valence-electron chi connectivity index (χ3n) is 3.03. The zero-order valence-corrected chi connectivity index (χ0v) is 13.0. The Morgan fingerprint density at radius 1 is 1.38 bits per heavy atom. The van der Waals surface area contributed by atoms with Crippen LogP contribution in [0.15, 0.2) is 34.0 Å². The van der Waals surface area contributed by atoms with E-state index in [1.54, 1.807) is 18.3 Å². The third-order valence-corrected chi connectivity index (χ3v) is 4.40. The van der Waals surface area contributed by atoms with Crippen LogP contribution in [-0.2, 0) is 29.7 Å². The van der Waals surface area contributed by atoms with Crippen LogP contribution in [0, 0.1) is 0 Å². The number of rotatable bonds is 8. The van der Waals surface area contributed by atoms with E-state index in [-0.39, 0.29) is 11.4 Å². The molecule has 0 aliphatic rings. The molecule has 2 aromatic heterocycles. The number of aromatic nitrogens is 2. The number of hydrogen-bond acceptors (Lipinski definition) is 5. The molecule has 0 unspecified atom stereocenters. The second kappa shape index (κ2) is 6.88. The van der Waals surface area contributed by atoms with Crippen LogP contribution in [0.3, 0.4) is 0 Å².